The van der Waals surface area contributed by atoms with Crippen LogP contribution in [0.15, 0.2) is 18.2 Å². The summed E-state index contributed by atoms with van der Waals surface area (Å²) in [6.07, 6.45) is 6.68. The molecule has 1 aromatic rings. The highest BCUT2D eigenvalue weighted by molar-refractivity contribution is 5.40. The Morgan fingerprint density at radius 3 is 2.40 bits per heavy atom. The first-order chi connectivity index (χ1) is 9.60. The molecule has 1 aliphatic rings. The van der Waals surface area contributed by atoms with Crippen molar-refractivity contribution in [3.8, 4) is 11.5 Å². The molecule has 1 atom stereocenters. The lowest BCUT2D eigenvalue weighted by molar-refractivity contribution is 0.257. The Balaban J connectivity index is 1.82. The minimum Gasteiger partial charge on any atom is -0.508 e. The molecular weight excluding hydrogens is 250 g/mol. The van der Waals surface area contributed by atoms with Gasteiger partial charge in [0, 0.05) is 17.7 Å². The molecule has 0 aliphatic heterocycles. The minimum atomic E-state index is 0.108. The fourth-order valence-corrected chi connectivity index (χ4v) is 3.20. The van der Waals surface area contributed by atoms with Gasteiger partial charge in [-0.15, -0.1) is 0 Å². The summed E-state index contributed by atoms with van der Waals surface area (Å²) in [5.41, 5.74) is 0.852. The SMILES string of the molecule is CCC1CCC(CNC(C)c2ccc(O)cc2O)CC1. The van der Waals surface area contributed by atoms with Crippen LogP contribution >= 0.6 is 0 Å². The lowest BCUT2D eigenvalue weighted by Gasteiger charge is -2.29. The van der Waals surface area contributed by atoms with Crippen LogP contribution in [0.25, 0.3) is 0 Å². The summed E-state index contributed by atoms with van der Waals surface area (Å²) in [6, 6.07) is 4.93. The third-order valence-corrected chi connectivity index (χ3v) is 4.74. The van der Waals surface area contributed by atoms with E-state index in [2.05, 4.69) is 19.2 Å². The van der Waals surface area contributed by atoms with Crippen molar-refractivity contribution in [3.05, 3.63) is 23.8 Å². The van der Waals surface area contributed by atoms with Crippen molar-refractivity contribution in [1.29, 1.82) is 0 Å². The highest BCUT2D eigenvalue weighted by Crippen LogP contribution is 2.31. The monoisotopic (exact) mass is 277 g/mol. The highest BCUT2D eigenvalue weighted by Gasteiger charge is 2.20. The molecule has 0 heterocycles. The molecule has 3 N–H and O–H groups in total. The Morgan fingerprint density at radius 2 is 1.80 bits per heavy atom. The van der Waals surface area contributed by atoms with E-state index in [0.29, 0.717) is 0 Å². The zero-order chi connectivity index (χ0) is 14.5. The molecule has 0 spiro atoms. The van der Waals surface area contributed by atoms with Crippen molar-refractivity contribution in [3.63, 3.8) is 0 Å². The number of rotatable bonds is 5. The number of benzene rings is 1. The van der Waals surface area contributed by atoms with Gasteiger partial charge in [-0.2, -0.15) is 0 Å². The number of hydrogen-bond acceptors (Lipinski definition) is 3. The molecule has 1 aliphatic carbocycles. The zero-order valence-electron chi connectivity index (χ0n) is 12.6. The van der Waals surface area contributed by atoms with Crippen molar-refractivity contribution in [2.24, 2.45) is 11.8 Å². The normalized spacial score (nSPS) is 24.5. The molecule has 0 aromatic heterocycles. The Labute approximate surface area is 122 Å². The van der Waals surface area contributed by atoms with Crippen LogP contribution in [0.5, 0.6) is 11.5 Å². The van der Waals surface area contributed by atoms with E-state index in [-0.39, 0.29) is 17.5 Å². The molecule has 20 heavy (non-hydrogen) atoms. The second-order valence-electron chi connectivity index (χ2n) is 6.17. The number of hydrogen-bond donors (Lipinski definition) is 3. The zero-order valence-corrected chi connectivity index (χ0v) is 12.6. The van der Waals surface area contributed by atoms with Crippen molar-refractivity contribution in [2.75, 3.05) is 6.54 Å². The van der Waals surface area contributed by atoms with Crippen LogP contribution in [0.4, 0.5) is 0 Å². The summed E-state index contributed by atoms with van der Waals surface area (Å²) in [5, 5.41) is 22.7. The first-order valence-corrected chi connectivity index (χ1v) is 7.85. The largest absolute Gasteiger partial charge is 0.508 e. The molecule has 0 bridgehead atoms. The van der Waals surface area contributed by atoms with E-state index in [0.717, 1.165) is 23.9 Å². The average molecular weight is 277 g/mol. The average Bonchev–Trinajstić information content (AvgIpc) is 2.45. The molecule has 1 fully saturated rings. The summed E-state index contributed by atoms with van der Waals surface area (Å²) in [6.45, 7) is 5.36. The van der Waals surface area contributed by atoms with E-state index in [9.17, 15) is 10.2 Å². The molecule has 3 heteroatoms. The van der Waals surface area contributed by atoms with E-state index >= 15 is 0 Å². The predicted molar refractivity (Wildman–Crippen MR) is 81.9 cm³/mol. The first kappa shape index (κ1) is 15.2. The van der Waals surface area contributed by atoms with Crippen molar-refractivity contribution in [2.45, 2.75) is 52.0 Å². The molecule has 3 nitrogen and oxygen atoms in total. The fraction of sp³-hybridized carbons (Fsp3) is 0.647. The lowest BCUT2D eigenvalue weighted by atomic mass is 9.81. The second kappa shape index (κ2) is 6.98. The van der Waals surface area contributed by atoms with Crippen LogP contribution in [0, 0.1) is 11.8 Å². The topological polar surface area (TPSA) is 52.5 Å². The van der Waals surface area contributed by atoms with Crippen molar-refractivity contribution >= 4 is 0 Å². The standard InChI is InChI=1S/C17H27NO2/c1-3-13-4-6-14(7-5-13)11-18-12(2)16-9-8-15(19)10-17(16)20/h8-10,12-14,18-20H,3-7,11H2,1-2H3. The molecule has 2 rings (SSSR count). The van der Waals surface area contributed by atoms with Gasteiger partial charge >= 0.3 is 0 Å². The van der Waals surface area contributed by atoms with Crippen molar-refractivity contribution < 1.29 is 10.2 Å². The smallest absolute Gasteiger partial charge is 0.124 e. The molecule has 0 radical (unpaired) electrons. The summed E-state index contributed by atoms with van der Waals surface area (Å²) < 4.78 is 0. The van der Waals surface area contributed by atoms with Gasteiger partial charge in [0.1, 0.15) is 11.5 Å². The summed E-state index contributed by atoms with van der Waals surface area (Å²) in [5.74, 6) is 1.97. The Hall–Kier alpha value is -1.22. The Kier molecular flexibility index (Phi) is 5.30. The van der Waals surface area contributed by atoms with Crippen LogP contribution in [-0.2, 0) is 0 Å². The molecule has 1 saturated carbocycles. The molecule has 112 valence electrons. The highest BCUT2D eigenvalue weighted by atomic mass is 16.3. The molecule has 1 aromatic carbocycles. The maximum Gasteiger partial charge on any atom is 0.124 e. The minimum absolute atomic E-state index is 0.108. The van der Waals surface area contributed by atoms with Gasteiger partial charge < -0.3 is 15.5 Å². The van der Waals surface area contributed by atoms with Crippen LogP contribution in [0.3, 0.4) is 0 Å². The van der Waals surface area contributed by atoms with Gasteiger partial charge in [0.15, 0.2) is 0 Å². The van der Waals surface area contributed by atoms with Crippen LogP contribution in [0.2, 0.25) is 0 Å². The number of phenols is 2. The Morgan fingerprint density at radius 1 is 1.15 bits per heavy atom. The van der Waals surface area contributed by atoms with Gasteiger partial charge in [0.05, 0.1) is 0 Å². The van der Waals surface area contributed by atoms with E-state index in [4.69, 9.17) is 0 Å². The molecule has 0 amide bonds. The summed E-state index contributed by atoms with van der Waals surface area (Å²) >= 11 is 0. The van der Waals surface area contributed by atoms with E-state index < -0.39 is 0 Å². The van der Waals surface area contributed by atoms with E-state index in [1.165, 1.54) is 38.2 Å². The molecular formula is C17H27NO2. The summed E-state index contributed by atoms with van der Waals surface area (Å²) in [4.78, 5) is 0. The van der Waals surface area contributed by atoms with Gasteiger partial charge in [0.2, 0.25) is 0 Å². The van der Waals surface area contributed by atoms with Crippen LogP contribution < -0.4 is 5.32 Å². The second-order valence-corrected chi connectivity index (χ2v) is 6.17. The maximum absolute atomic E-state index is 9.87. The number of phenolic OH excluding ortho intramolecular Hbond substituents is 2. The first-order valence-electron chi connectivity index (χ1n) is 7.85. The van der Waals surface area contributed by atoms with Gasteiger partial charge in [-0.05, 0) is 44.2 Å². The third kappa shape index (κ3) is 3.89. The van der Waals surface area contributed by atoms with E-state index in [1.54, 1.807) is 12.1 Å². The third-order valence-electron chi connectivity index (χ3n) is 4.74. The molecule has 1 unspecified atom stereocenters. The molecule has 0 saturated heterocycles. The van der Waals surface area contributed by atoms with Gasteiger partial charge in [-0.25, -0.2) is 0 Å². The number of nitrogens with one attached hydrogen (secondary N) is 1. The van der Waals surface area contributed by atoms with Gasteiger partial charge in [-0.1, -0.05) is 32.3 Å². The quantitative estimate of drug-likeness (QED) is 0.763. The lowest BCUT2D eigenvalue weighted by Crippen LogP contribution is -2.28. The van der Waals surface area contributed by atoms with Gasteiger partial charge in [0.25, 0.3) is 0 Å². The van der Waals surface area contributed by atoms with Crippen molar-refractivity contribution in [1.82, 2.24) is 5.32 Å². The summed E-state index contributed by atoms with van der Waals surface area (Å²) in [7, 11) is 0. The Bertz CT molecular complexity index is 425. The maximum atomic E-state index is 9.87. The predicted octanol–water partition coefficient (Wildman–Crippen LogP) is 3.96. The van der Waals surface area contributed by atoms with Crippen LogP contribution in [-0.4, -0.2) is 16.8 Å². The fourth-order valence-electron chi connectivity index (χ4n) is 3.20. The van der Waals surface area contributed by atoms with E-state index in [1.807, 2.05) is 0 Å². The van der Waals surface area contributed by atoms with Crippen LogP contribution in [0.1, 0.15) is 57.6 Å². The van der Waals surface area contributed by atoms with Gasteiger partial charge in [-0.3, -0.25) is 0 Å². The number of aromatic hydroxyl groups is 2.